The van der Waals surface area contributed by atoms with Crippen molar-refractivity contribution in [2.75, 3.05) is 20.2 Å². The van der Waals surface area contributed by atoms with E-state index in [1.807, 2.05) is 24.3 Å². The maximum Gasteiger partial charge on any atom is 0.303 e. The summed E-state index contributed by atoms with van der Waals surface area (Å²) in [5.74, 6) is -0.0732. The topological polar surface area (TPSA) is 66.8 Å². The van der Waals surface area contributed by atoms with Gasteiger partial charge in [0.15, 0.2) is 0 Å². The Bertz CT molecular complexity index is 553. The number of carbonyl (C=O) groups is 2. The molecule has 1 unspecified atom stereocenters. The number of carbonyl (C=O) groups excluding carboxylic acids is 1. The number of methoxy groups -OCH3 is 1. The van der Waals surface area contributed by atoms with Crippen LogP contribution in [0.3, 0.4) is 0 Å². The van der Waals surface area contributed by atoms with Crippen LogP contribution in [0.25, 0.3) is 6.08 Å². The van der Waals surface area contributed by atoms with E-state index < -0.39 is 5.97 Å². The average molecular weight is 289 g/mol. The molecule has 0 aromatic heterocycles. The Labute approximate surface area is 123 Å². The Morgan fingerprint density at radius 2 is 2.29 bits per heavy atom. The van der Waals surface area contributed by atoms with Crippen LogP contribution in [-0.2, 0) is 9.59 Å². The summed E-state index contributed by atoms with van der Waals surface area (Å²) in [6, 6.07) is 7.45. The lowest BCUT2D eigenvalue weighted by Crippen LogP contribution is -2.27. The van der Waals surface area contributed by atoms with Crippen molar-refractivity contribution >= 4 is 18.0 Å². The van der Waals surface area contributed by atoms with E-state index in [9.17, 15) is 9.59 Å². The molecule has 1 amide bonds. The van der Waals surface area contributed by atoms with Gasteiger partial charge in [0.1, 0.15) is 5.75 Å². The van der Waals surface area contributed by atoms with E-state index in [4.69, 9.17) is 9.84 Å². The van der Waals surface area contributed by atoms with Gasteiger partial charge in [-0.05, 0) is 36.1 Å². The standard InChI is InChI=1S/C16H19NO4/c1-21-14-4-2-3-12(9-14)5-6-15(18)17-8-7-13(11-17)10-16(19)20/h2-6,9,13H,7-8,10-11H2,1H3,(H,19,20). The molecule has 5 heteroatoms. The normalized spacial score (nSPS) is 18.1. The van der Waals surface area contributed by atoms with Gasteiger partial charge in [0.2, 0.25) is 5.91 Å². The van der Waals surface area contributed by atoms with E-state index in [1.165, 1.54) is 6.08 Å². The monoisotopic (exact) mass is 289 g/mol. The second kappa shape index (κ2) is 6.92. The fourth-order valence-electron chi connectivity index (χ4n) is 2.46. The van der Waals surface area contributed by atoms with Gasteiger partial charge in [-0.15, -0.1) is 0 Å². The second-order valence-electron chi connectivity index (χ2n) is 5.15. The molecule has 1 N–H and O–H groups in total. The molecule has 1 aliphatic heterocycles. The lowest BCUT2D eigenvalue weighted by Gasteiger charge is -2.13. The van der Waals surface area contributed by atoms with Crippen molar-refractivity contribution in [1.82, 2.24) is 4.90 Å². The third kappa shape index (κ3) is 4.34. The highest BCUT2D eigenvalue weighted by atomic mass is 16.5. The van der Waals surface area contributed by atoms with Crippen LogP contribution >= 0.6 is 0 Å². The number of carboxylic acid groups (broad SMARTS) is 1. The molecular weight excluding hydrogens is 270 g/mol. The van der Waals surface area contributed by atoms with Crippen molar-refractivity contribution in [3.8, 4) is 5.75 Å². The van der Waals surface area contributed by atoms with Gasteiger partial charge in [0.25, 0.3) is 0 Å². The minimum absolute atomic E-state index is 0.0664. The summed E-state index contributed by atoms with van der Waals surface area (Å²) < 4.78 is 5.13. The van der Waals surface area contributed by atoms with E-state index >= 15 is 0 Å². The third-order valence-corrected chi connectivity index (χ3v) is 3.57. The molecule has 0 saturated carbocycles. The Hall–Kier alpha value is -2.30. The summed E-state index contributed by atoms with van der Waals surface area (Å²) in [6.45, 7) is 1.15. The Morgan fingerprint density at radius 1 is 1.48 bits per heavy atom. The molecule has 21 heavy (non-hydrogen) atoms. The van der Waals surface area contributed by atoms with E-state index in [-0.39, 0.29) is 18.2 Å². The molecule has 0 aliphatic carbocycles. The van der Waals surface area contributed by atoms with Gasteiger partial charge in [0.05, 0.1) is 7.11 Å². The summed E-state index contributed by atoms with van der Waals surface area (Å²) >= 11 is 0. The molecule has 112 valence electrons. The second-order valence-corrected chi connectivity index (χ2v) is 5.15. The SMILES string of the molecule is COc1cccc(C=CC(=O)N2CCC(CC(=O)O)C2)c1. The molecule has 0 radical (unpaired) electrons. The largest absolute Gasteiger partial charge is 0.497 e. The molecule has 2 rings (SSSR count). The molecule has 0 spiro atoms. The summed E-state index contributed by atoms with van der Waals surface area (Å²) in [4.78, 5) is 24.4. The lowest BCUT2D eigenvalue weighted by atomic mass is 10.1. The van der Waals surface area contributed by atoms with Crippen LogP contribution in [0.15, 0.2) is 30.3 Å². The molecule has 1 aliphatic rings. The van der Waals surface area contributed by atoms with Crippen LogP contribution in [0, 0.1) is 5.92 Å². The molecule has 1 aromatic carbocycles. The summed E-state index contributed by atoms with van der Waals surface area (Å²) in [6.07, 6.45) is 4.15. The lowest BCUT2D eigenvalue weighted by molar-refractivity contribution is -0.138. The number of rotatable bonds is 5. The Kier molecular flexibility index (Phi) is 4.98. The van der Waals surface area contributed by atoms with E-state index in [2.05, 4.69) is 0 Å². The highest BCUT2D eigenvalue weighted by Crippen LogP contribution is 2.20. The molecular formula is C16H19NO4. The van der Waals surface area contributed by atoms with Crippen molar-refractivity contribution in [2.24, 2.45) is 5.92 Å². The maximum atomic E-state index is 12.1. The van der Waals surface area contributed by atoms with E-state index in [0.717, 1.165) is 17.7 Å². The Balaban J connectivity index is 1.92. The quantitative estimate of drug-likeness (QED) is 0.842. The first-order chi connectivity index (χ1) is 10.1. The fourth-order valence-corrected chi connectivity index (χ4v) is 2.46. The minimum Gasteiger partial charge on any atom is -0.497 e. The predicted octanol–water partition coefficient (Wildman–Crippen LogP) is 2.03. The predicted molar refractivity (Wildman–Crippen MR) is 79.0 cm³/mol. The van der Waals surface area contributed by atoms with Crippen LogP contribution in [-0.4, -0.2) is 42.1 Å². The molecule has 0 bridgehead atoms. The van der Waals surface area contributed by atoms with E-state index in [1.54, 1.807) is 18.1 Å². The first kappa shape index (κ1) is 15.1. The van der Waals surface area contributed by atoms with Crippen molar-refractivity contribution in [1.29, 1.82) is 0 Å². The molecule has 5 nitrogen and oxygen atoms in total. The number of hydrogen-bond acceptors (Lipinski definition) is 3. The first-order valence-electron chi connectivity index (χ1n) is 6.91. The number of likely N-dealkylation sites (tertiary alicyclic amines) is 1. The van der Waals surface area contributed by atoms with Crippen LogP contribution in [0.5, 0.6) is 5.75 Å². The molecule has 1 saturated heterocycles. The van der Waals surface area contributed by atoms with Crippen molar-refractivity contribution < 1.29 is 19.4 Å². The van der Waals surface area contributed by atoms with Crippen LogP contribution in [0.1, 0.15) is 18.4 Å². The smallest absolute Gasteiger partial charge is 0.303 e. The zero-order chi connectivity index (χ0) is 15.2. The van der Waals surface area contributed by atoms with Gasteiger partial charge in [-0.3, -0.25) is 9.59 Å². The van der Waals surface area contributed by atoms with Gasteiger partial charge in [-0.1, -0.05) is 12.1 Å². The fraction of sp³-hybridized carbons (Fsp3) is 0.375. The zero-order valence-corrected chi connectivity index (χ0v) is 12.0. The summed E-state index contributed by atoms with van der Waals surface area (Å²) in [5, 5.41) is 8.77. The van der Waals surface area contributed by atoms with Gasteiger partial charge >= 0.3 is 5.97 Å². The highest BCUT2D eigenvalue weighted by Gasteiger charge is 2.26. The van der Waals surface area contributed by atoms with Gasteiger partial charge in [0, 0.05) is 25.6 Å². The third-order valence-electron chi connectivity index (χ3n) is 3.57. The van der Waals surface area contributed by atoms with E-state index in [0.29, 0.717) is 13.1 Å². The van der Waals surface area contributed by atoms with Crippen LogP contribution in [0.2, 0.25) is 0 Å². The van der Waals surface area contributed by atoms with Crippen LogP contribution in [0.4, 0.5) is 0 Å². The molecule has 1 heterocycles. The number of ether oxygens (including phenoxy) is 1. The highest BCUT2D eigenvalue weighted by molar-refractivity contribution is 5.92. The summed E-state index contributed by atoms with van der Waals surface area (Å²) in [5.41, 5.74) is 0.893. The first-order valence-corrected chi connectivity index (χ1v) is 6.91. The summed E-state index contributed by atoms with van der Waals surface area (Å²) in [7, 11) is 1.60. The average Bonchev–Trinajstić information content (AvgIpc) is 2.92. The van der Waals surface area contributed by atoms with Gasteiger partial charge < -0.3 is 14.7 Å². The molecule has 1 fully saturated rings. The zero-order valence-electron chi connectivity index (χ0n) is 12.0. The molecule has 1 aromatic rings. The van der Waals surface area contributed by atoms with Gasteiger partial charge in [-0.25, -0.2) is 0 Å². The number of amides is 1. The minimum atomic E-state index is -0.804. The van der Waals surface area contributed by atoms with Crippen molar-refractivity contribution in [2.45, 2.75) is 12.8 Å². The number of benzene rings is 1. The number of nitrogens with zero attached hydrogens (tertiary/aromatic N) is 1. The van der Waals surface area contributed by atoms with Crippen molar-refractivity contribution in [3.05, 3.63) is 35.9 Å². The van der Waals surface area contributed by atoms with Crippen molar-refractivity contribution in [3.63, 3.8) is 0 Å². The van der Waals surface area contributed by atoms with Gasteiger partial charge in [-0.2, -0.15) is 0 Å². The maximum absolute atomic E-state index is 12.1. The van der Waals surface area contributed by atoms with Crippen LogP contribution < -0.4 is 4.74 Å². The Morgan fingerprint density at radius 3 is 3.00 bits per heavy atom. The number of aliphatic carboxylic acids is 1. The number of hydrogen-bond donors (Lipinski definition) is 1. The number of carboxylic acids is 1. The molecule has 1 atom stereocenters.